The van der Waals surface area contributed by atoms with Gasteiger partial charge in [-0.1, -0.05) is 6.92 Å². The van der Waals surface area contributed by atoms with Crippen LogP contribution in [0.5, 0.6) is 0 Å². The second kappa shape index (κ2) is 6.36. The highest BCUT2D eigenvalue weighted by Gasteiger charge is 2.31. The fourth-order valence-corrected chi connectivity index (χ4v) is 3.43. The maximum Gasteiger partial charge on any atom is 0.0771 e. The molecule has 2 fully saturated rings. The molecule has 0 amide bonds. The lowest BCUT2D eigenvalue weighted by atomic mass is 9.79. The van der Waals surface area contributed by atoms with E-state index in [0.717, 1.165) is 37.8 Å². The van der Waals surface area contributed by atoms with Gasteiger partial charge >= 0.3 is 0 Å². The van der Waals surface area contributed by atoms with Gasteiger partial charge < -0.3 is 15.3 Å². The first-order valence-electron chi connectivity index (χ1n) is 7.69. The van der Waals surface area contributed by atoms with Crippen LogP contribution in [0.25, 0.3) is 0 Å². The monoisotopic (exact) mass is 254 g/mol. The van der Waals surface area contributed by atoms with Gasteiger partial charge in [-0.15, -0.1) is 0 Å². The zero-order valence-corrected chi connectivity index (χ0v) is 12.1. The average Bonchev–Trinajstić information content (AvgIpc) is 2.34. The smallest absolute Gasteiger partial charge is 0.0771 e. The van der Waals surface area contributed by atoms with Crippen LogP contribution in [0.1, 0.15) is 45.4 Å². The maximum atomic E-state index is 10.5. The zero-order valence-electron chi connectivity index (χ0n) is 12.1. The first kappa shape index (κ1) is 14.3. The van der Waals surface area contributed by atoms with Gasteiger partial charge in [0.2, 0.25) is 0 Å². The summed E-state index contributed by atoms with van der Waals surface area (Å²) in [5.41, 5.74) is -0.424. The van der Waals surface area contributed by atoms with Crippen molar-refractivity contribution >= 4 is 0 Å². The molecule has 1 aliphatic carbocycles. The van der Waals surface area contributed by atoms with Gasteiger partial charge in [0.05, 0.1) is 5.60 Å². The van der Waals surface area contributed by atoms with E-state index in [4.69, 9.17) is 0 Å². The number of hydrogen-bond donors (Lipinski definition) is 2. The molecule has 3 heteroatoms. The van der Waals surface area contributed by atoms with Crippen LogP contribution in [0.3, 0.4) is 0 Å². The highest BCUT2D eigenvalue weighted by Crippen LogP contribution is 2.31. The van der Waals surface area contributed by atoms with Crippen LogP contribution in [-0.4, -0.2) is 48.8 Å². The molecule has 1 aliphatic heterocycles. The largest absolute Gasteiger partial charge is 0.389 e. The topological polar surface area (TPSA) is 35.5 Å². The molecule has 1 atom stereocenters. The van der Waals surface area contributed by atoms with Crippen molar-refractivity contribution in [3.63, 3.8) is 0 Å². The van der Waals surface area contributed by atoms with Crippen molar-refractivity contribution in [3.05, 3.63) is 0 Å². The second-order valence-electron chi connectivity index (χ2n) is 6.81. The fraction of sp³-hybridized carbons (Fsp3) is 1.00. The summed E-state index contributed by atoms with van der Waals surface area (Å²) in [7, 11) is 2.21. The third kappa shape index (κ3) is 4.22. The molecule has 0 aromatic rings. The number of nitrogens with zero attached hydrogens (tertiary/aromatic N) is 1. The summed E-state index contributed by atoms with van der Waals surface area (Å²) < 4.78 is 0. The van der Waals surface area contributed by atoms with Gasteiger partial charge in [-0.2, -0.15) is 0 Å². The van der Waals surface area contributed by atoms with Crippen molar-refractivity contribution in [2.24, 2.45) is 11.8 Å². The standard InChI is InChI=1S/C15H30N2O/c1-13-5-7-15(18,8-6-13)12-16-10-14-4-3-9-17(2)11-14/h13-14,16,18H,3-12H2,1-2H3. The lowest BCUT2D eigenvalue weighted by Gasteiger charge is -2.36. The quantitative estimate of drug-likeness (QED) is 0.804. The normalized spacial score (nSPS) is 38.8. The summed E-state index contributed by atoms with van der Waals surface area (Å²) in [5.74, 6) is 1.58. The minimum Gasteiger partial charge on any atom is -0.389 e. The van der Waals surface area contributed by atoms with E-state index in [1.165, 1.54) is 38.8 Å². The molecule has 0 bridgehead atoms. The first-order valence-corrected chi connectivity index (χ1v) is 7.69. The van der Waals surface area contributed by atoms with E-state index in [1.807, 2.05) is 0 Å². The molecule has 106 valence electrons. The molecule has 2 rings (SSSR count). The molecule has 0 aromatic heterocycles. The predicted molar refractivity (Wildman–Crippen MR) is 75.7 cm³/mol. The van der Waals surface area contributed by atoms with Crippen molar-refractivity contribution in [2.45, 2.75) is 51.0 Å². The molecule has 3 nitrogen and oxygen atoms in total. The molecule has 2 N–H and O–H groups in total. The summed E-state index contributed by atoms with van der Waals surface area (Å²) in [5, 5.41) is 14.0. The Labute approximate surface area is 112 Å². The zero-order chi connectivity index (χ0) is 13.0. The van der Waals surface area contributed by atoms with Gasteiger partial charge in [-0.25, -0.2) is 0 Å². The molecule has 1 saturated carbocycles. The highest BCUT2D eigenvalue weighted by atomic mass is 16.3. The van der Waals surface area contributed by atoms with Crippen LogP contribution >= 0.6 is 0 Å². The molecule has 0 aromatic carbocycles. The number of rotatable bonds is 4. The van der Waals surface area contributed by atoms with Gasteiger partial charge in [0.1, 0.15) is 0 Å². The van der Waals surface area contributed by atoms with E-state index in [-0.39, 0.29) is 0 Å². The number of piperidine rings is 1. The summed E-state index contributed by atoms with van der Waals surface area (Å²) in [4.78, 5) is 2.42. The molecular weight excluding hydrogens is 224 g/mol. The summed E-state index contributed by atoms with van der Waals surface area (Å²) in [6.07, 6.45) is 6.99. The number of nitrogens with one attached hydrogen (secondary N) is 1. The Morgan fingerprint density at radius 3 is 2.67 bits per heavy atom. The Hall–Kier alpha value is -0.120. The molecular formula is C15H30N2O. The van der Waals surface area contributed by atoms with Gasteiger partial charge in [-0.05, 0) is 70.5 Å². The Bertz CT molecular complexity index is 249. The molecule has 1 unspecified atom stereocenters. The van der Waals surface area contributed by atoms with Crippen molar-refractivity contribution in [3.8, 4) is 0 Å². The van der Waals surface area contributed by atoms with Crippen LogP contribution in [0.2, 0.25) is 0 Å². The van der Waals surface area contributed by atoms with E-state index < -0.39 is 5.60 Å². The molecule has 2 aliphatic rings. The van der Waals surface area contributed by atoms with E-state index in [1.54, 1.807) is 0 Å². The van der Waals surface area contributed by atoms with Crippen LogP contribution < -0.4 is 5.32 Å². The fourth-order valence-electron chi connectivity index (χ4n) is 3.43. The minimum atomic E-state index is -0.424. The Kier molecular flexibility index (Phi) is 5.05. The lowest BCUT2D eigenvalue weighted by Crippen LogP contribution is -2.46. The van der Waals surface area contributed by atoms with Crippen molar-refractivity contribution in [2.75, 3.05) is 33.2 Å². The Morgan fingerprint density at radius 1 is 1.28 bits per heavy atom. The van der Waals surface area contributed by atoms with E-state index in [0.29, 0.717) is 0 Å². The SMILES string of the molecule is CC1CCC(O)(CNCC2CCCN(C)C2)CC1. The van der Waals surface area contributed by atoms with Crippen LogP contribution in [-0.2, 0) is 0 Å². The van der Waals surface area contributed by atoms with Crippen molar-refractivity contribution < 1.29 is 5.11 Å². The van der Waals surface area contributed by atoms with Crippen LogP contribution in [0.15, 0.2) is 0 Å². The van der Waals surface area contributed by atoms with E-state index >= 15 is 0 Å². The van der Waals surface area contributed by atoms with Crippen molar-refractivity contribution in [1.29, 1.82) is 0 Å². The molecule has 18 heavy (non-hydrogen) atoms. The summed E-state index contributed by atoms with van der Waals surface area (Å²) in [6.45, 7) is 6.62. The molecule has 0 spiro atoms. The lowest BCUT2D eigenvalue weighted by molar-refractivity contribution is -0.00711. The third-order valence-corrected chi connectivity index (χ3v) is 4.81. The predicted octanol–water partition coefficient (Wildman–Crippen LogP) is 1.86. The van der Waals surface area contributed by atoms with E-state index in [9.17, 15) is 5.11 Å². The Morgan fingerprint density at radius 2 is 2.00 bits per heavy atom. The molecule has 0 radical (unpaired) electrons. The Balaban J connectivity index is 1.65. The van der Waals surface area contributed by atoms with Crippen LogP contribution in [0.4, 0.5) is 0 Å². The van der Waals surface area contributed by atoms with Gasteiger partial charge in [0.25, 0.3) is 0 Å². The van der Waals surface area contributed by atoms with Gasteiger partial charge in [0.15, 0.2) is 0 Å². The minimum absolute atomic E-state index is 0.424. The third-order valence-electron chi connectivity index (χ3n) is 4.81. The number of aliphatic hydroxyl groups is 1. The summed E-state index contributed by atoms with van der Waals surface area (Å²) in [6, 6.07) is 0. The van der Waals surface area contributed by atoms with Crippen molar-refractivity contribution in [1.82, 2.24) is 10.2 Å². The van der Waals surface area contributed by atoms with Gasteiger partial charge in [0, 0.05) is 13.1 Å². The second-order valence-corrected chi connectivity index (χ2v) is 6.81. The highest BCUT2D eigenvalue weighted by molar-refractivity contribution is 4.87. The number of likely N-dealkylation sites (tertiary alicyclic amines) is 1. The number of hydrogen-bond acceptors (Lipinski definition) is 3. The maximum absolute atomic E-state index is 10.5. The van der Waals surface area contributed by atoms with Gasteiger partial charge in [-0.3, -0.25) is 0 Å². The van der Waals surface area contributed by atoms with E-state index in [2.05, 4.69) is 24.2 Å². The van der Waals surface area contributed by atoms with Crippen LogP contribution in [0, 0.1) is 11.8 Å². The molecule has 1 saturated heterocycles. The summed E-state index contributed by atoms with van der Waals surface area (Å²) >= 11 is 0. The average molecular weight is 254 g/mol. The first-order chi connectivity index (χ1) is 8.57. The molecule has 1 heterocycles.